The molecule has 3 rings (SSSR count). The first kappa shape index (κ1) is 16.6. The zero-order valence-electron chi connectivity index (χ0n) is 14.2. The zero-order chi connectivity index (χ0) is 17.1. The van der Waals surface area contributed by atoms with Crippen molar-refractivity contribution in [2.75, 3.05) is 0 Å². The van der Waals surface area contributed by atoms with Crippen LogP contribution in [0.25, 0.3) is 0 Å². The lowest BCUT2D eigenvalue weighted by atomic mass is 9.91. The first-order valence-corrected chi connectivity index (χ1v) is 8.54. The van der Waals surface area contributed by atoms with Gasteiger partial charge in [0, 0.05) is 0 Å². The van der Waals surface area contributed by atoms with Gasteiger partial charge in [0.05, 0.1) is 5.92 Å². The molecule has 0 bridgehead atoms. The van der Waals surface area contributed by atoms with E-state index in [-0.39, 0.29) is 5.92 Å². The predicted octanol–water partition coefficient (Wildman–Crippen LogP) is 4.79. The van der Waals surface area contributed by atoms with E-state index in [1.54, 1.807) is 0 Å². The maximum atomic E-state index is 11.0. The zero-order valence-corrected chi connectivity index (χ0v) is 14.2. The molecule has 3 unspecified atom stereocenters. The van der Waals surface area contributed by atoms with Crippen LogP contribution in [0.2, 0.25) is 0 Å². The molecule has 1 aliphatic carbocycles. The Hall–Kier alpha value is -2.29. The molecule has 0 aromatic heterocycles. The molecule has 2 aromatic carbocycles. The average molecular weight is 324 g/mol. The molecule has 3 heteroatoms. The van der Waals surface area contributed by atoms with Crippen LogP contribution >= 0.6 is 0 Å². The molecule has 0 spiro atoms. The largest absolute Gasteiger partial charge is 0.489 e. The molecule has 0 heterocycles. The molecule has 126 valence electrons. The molecule has 0 amide bonds. The topological polar surface area (TPSA) is 46.5 Å². The number of carboxylic acids is 1. The van der Waals surface area contributed by atoms with Crippen LogP contribution in [0, 0.1) is 18.8 Å². The number of carboxylic acid groups (broad SMARTS) is 1. The highest BCUT2D eigenvalue weighted by Gasteiger charge is 2.43. The number of aryl methyl sites for hydroxylation is 1. The molecule has 1 aliphatic rings. The van der Waals surface area contributed by atoms with Gasteiger partial charge in [0.15, 0.2) is 0 Å². The van der Waals surface area contributed by atoms with E-state index in [9.17, 15) is 4.79 Å². The maximum absolute atomic E-state index is 11.0. The smallest absolute Gasteiger partial charge is 0.306 e. The lowest BCUT2D eigenvalue weighted by molar-refractivity contribution is -0.138. The first-order chi connectivity index (χ1) is 11.5. The van der Waals surface area contributed by atoms with E-state index in [0.717, 1.165) is 24.2 Å². The van der Waals surface area contributed by atoms with Gasteiger partial charge in [-0.15, -0.1) is 0 Å². The van der Waals surface area contributed by atoms with Crippen LogP contribution in [-0.4, -0.2) is 11.1 Å². The van der Waals surface area contributed by atoms with E-state index in [1.807, 2.05) is 24.3 Å². The van der Waals surface area contributed by atoms with Crippen LogP contribution in [0.1, 0.15) is 42.4 Å². The number of rotatable bonds is 7. The molecule has 1 saturated carbocycles. The summed E-state index contributed by atoms with van der Waals surface area (Å²) in [6.07, 6.45) is 1.78. The van der Waals surface area contributed by atoms with E-state index in [2.05, 4.69) is 38.1 Å². The van der Waals surface area contributed by atoms with E-state index in [4.69, 9.17) is 9.84 Å². The highest BCUT2D eigenvalue weighted by molar-refractivity contribution is 5.73. The molecule has 2 aromatic rings. The second-order valence-corrected chi connectivity index (χ2v) is 6.87. The minimum absolute atomic E-state index is 0.124. The van der Waals surface area contributed by atoms with Crippen molar-refractivity contribution < 1.29 is 14.6 Å². The van der Waals surface area contributed by atoms with Gasteiger partial charge in [-0.2, -0.15) is 0 Å². The Morgan fingerprint density at radius 1 is 1.25 bits per heavy atom. The summed E-state index contributed by atoms with van der Waals surface area (Å²) in [5, 5.41) is 9.03. The third-order valence-electron chi connectivity index (χ3n) is 4.92. The summed E-state index contributed by atoms with van der Waals surface area (Å²) in [5.41, 5.74) is 3.65. The lowest BCUT2D eigenvalue weighted by Crippen LogP contribution is -2.03. The number of benzene rings is 2. The van der Waals surface area contributed by atoms with Gasteiger partial charge in [-0.3, -0.25) is 4.79 Å². The minimum atomic E-state index is -0.645. The normalized spacial score (nSPS) is 20.4. The molecule has 1 N–H and O–H groups in total. The Balaban J connectivity index is 1.59. The second kappa shape index (κ2) is 7.08. The highest BCUT2D eigenvalue weighted by Crippen LogP contribution is 2.45. The summed E-state index contributed by atoms with van der Waals surface area (Å²) in [7, 11) is 0. The van der Waals surface area contributed by atoms with Crippen molar-refractivity contribution in [1.29, 1.82) is 0 Å². The SMILES string of the molecule is Cc1cc(OCc2ccccc2)ccc1C(C)CC1CC1C(=O)O. The van der Waals surface area contributed by atoms with Crippen LogP contribution < -0.4 is 4.74 Å². The second-order valence-electron chi connectivity index (χ2n) is 6.87. The van der Waals surface area contributed by atoms with E-state index in [1.165, 1.54) is 11.1 Å². The van der Waals surface area contributed by atoms with Gasteiger partial charge in [-0.1, -0.05) is 43.3 Å². The van der Waals surface area contributed by atoms with Crippen molar-refractivity contribution in [1.82, 2.24) is 0 Å². The Morgan fingerprint density at radius 3 is 2.62 bits per heavy atom. The molecule has 0 radical (unpaired) electrons. The number of hydrogen-bond acceptors (Lipinski definition) is 2. The summed E-state index contributed by atoms with van der Waals surface area (Å²) in [6.45, 7) is 4.85. The summed E-state index contributed by atoms with van der Waals surface area (Å²) in [4.78, 5) is 11.0. The molecular weight excluding hydrogens is 300 g/mol. The van der Waals surface area contributed by atoms with E-state index >= 15 is 0 Å². The van der Waals surface area contributed by atoms with Crippen molar-refractivity contribution in [3.63, 3.8) is 0 Å². The summed E-state index contributed by atoms with van der Waals surface area (Å²) in [6, 6.07) is 16.3. The van der Waals surface area contributed by atoms with Crippen LogP contribution in [-0.2, 0) is 11.4 Å². The fourth-order valence-corrected chi connectivity index (χ4v) is 3.42. The molecule has 3 atom stereocenters. The van der Waals surface area contributed by atoms with Crippen molar-refractivity contribution in [2.45, 2.75) is 39.2 Å². The third-order valence-corrected chi connectivity index (χ3v) is 4.92. The number of aliphatic carboxylic acids is 1. The van der Waals surface area contributed by atoms with Crippen LogP contribution in [0.5, 0.6) is 5.75 Å². The summed E-state index contributed by atoms with van der Waals surface area (Å²) >= 11 is 0. The quantitative estimate of drug-likeness (QED) is 0.796. The van der Waals surface area contributed by atoms with Gasteiger partial charge in [0.25, 0.3) is 0 Å². The Morgan fingerprint density at radius 2 is 2.00 bits per heavy atom. The van der Waals surface area contributed by atoms with Gasteiger partial charge in [0.2, 0.25) is 0 Å². The van der Waals surface area contributed by atoms with E-state index in [0.29, 0.717) is 18.4 Å². The fourth-order valence-electron chi connectivity index (χ4n) is 3.42. The van der Waals surface area contributed by atoms with Gasteiger partial charge in [-0.25, -0.2) is 0 Å². The molecule has 0 saturated heterocycles. The van der Waals surface area contributed by atoms with Crippen molar-refractivity contribution in [3.05, 3.63) is 65.2 Å². The first-order valence-electron chi connectivity index (χ1n) is 8.54. The number of carbonyl (C=O) groups is 1. The Bertz CT molecular complexity index is 708. The van der Waals surface area contributed by atoms with Crippen LogP contribution in [0.15, 0.2) is 48.5 Å². The number of ether oxygens (including phenoxy) is 1. The Labute approximate surface area is 143 Å². The van der Waals surface area contributed by atoms with Gasteiger partial charge >= 0.3 is 5.97 Å². The Kier molecular flexibility index (Phi) is 4.89. The monoisotopic (exact) mass is 324 g/mol. The number of hydrogen-bond donors (Lipinski definition) is 1. The standard InChI is InChI=1S/C21H24O3/c1-14(10-17-12-20(17)21(22)23)19-9-8-18(11-15(19)2)24-13-16-6-4-3-5-7-16/h3-9,11,14,17,20H,10,12-13H2,1-2H3,(H,22,23). The van der Waals surface area contributed by atoms with Crippen molar-refractivity contribution >= 4 is 5.97 Å². The van der Waals surface area contributed by atoms with Gasteiger partial charge in [-0.05, 0) is 60.4 Å². The van der Waals surface area contributed by atoms with Crippen molar-refractivity contribution in [3.8, 4) is 5.75 Å². The summed E-state index contributed by atoms with van der Waals surface area (Å²) in [5.74, 6) is 0.824. The molecule has 24 heavy (non-hydrogen) atoms. The van der Waals surface area contributed by atoms with E-state index < -0.39 is 5.97 Å². The lowest BCUT2D eigenvalue weighted by Gasteiger charge is -2.16. The van der Waals surface area contributed by atoms with Crippen LogP contribution in [0.4, 0.5) is 0 Å². The average Bonchev–Trinajstić information content (AvgIpc) is 3.33. The third kappa shape index (κ3) is 3.97. The predicted molar refractivity (Wildman–Crippen MR) is 94.2 cm³/mol. The fraction of sp³-hybridized carbons (Fsp3) is 0.381. The van der Waals surface area contributed by atoms with Gasteiger partial charge < -0.3 is 9.84 Å². The van der Waals surface area contributed by atoms with Crippen molar-refractivity contribution in [2.24, 2.45) is 11.8 Å². The summed E-state index contributed by atoms with van der Waals surface area (Å²) < 4.78 is 5.87. The minimum Gasteiger partial charge on any atom is -0.489 e. The molecule has 1 fully saturated rings. The highest BCUT2D eigenvalue weighted by atomic mass is 16.5. The van der Waals surface area contributed by atoms with Crippen LogP contribution in [0.3, 0.4) is 0 Å². The molecule has 3 nitrogen and oxygen atoms in total. The molecule has 0 aliphatic heterocycles. The molecular formula is C21H24O3. The van der Waals surface area contributed by atoms with Gasteiger partial charge in [0.1, 0.15) is 12.4 Å². The maximum Gasteiger partial charge on any atom is 0.306 e.